The molecule has 0 aliphatic rings. The van der Waals surface area contributed by atoms with Gasteiger partial charge in [0.05, 0.1) is 0 Å². The highest BCUT2D eigenvalue weighted by Crippen LogP contribution is 2.22. The number of fused-ring (bicyclic) bond motifs is 1. The highest BCUT2D eigenvalue weighted by atomic mass is 16.1. The van der Waals surface area contributed by atoms with E-state index in [2.05, 4.69) is 34.9 Å². The molecule has 0 saturated heterocycles. The van der Waals surface area contributed by atoms with Crippen molar-refractivity contribution in [1.29, 1.82) is 0 Å². The highest BCUT2D eigenvalue weighted by Gasteiger charge is 1.99. The van der Waals surface area contributed by atoms with Crippen LogP contribution in [0.2, 0.25) is 0 Å². The van der Waals surface area contributed by atoms with Crippen molar-refractivity contribution in [3.63, 3.8) is 0 Å². The molecule has 3 nitrogen and oxygen atoms in total. The van der Waals surface area contributed by atoms with Crippen molar-refractivity contribution in [2.75, 3.05) is 18.4 Å². The Bertz CT molecular complexity index is 532. The number of anilines is 1. The van der Waals surface area contributed by atoms with Gasteiger partial charge in [0.15, 0.2) is 0 Å². The lowest BCUT2D eigenvalue weighted by molar-refractivity contribution is -0.120. The van der Waals surface area contributed by atoms with Crippen molar-refractivity contribution in [3.05, 3.63) is 42.5 Å². The average Bonchev–Trinajstić information content (AvgIpc) is 2.43. The van der Waals surface area contributed by atoms with Crippen molar-refractivity contribution in [2.24, 2.45) is 0 Å². The summed E-state index contributed by atoms with van der Waals surface area (Å²) in [6.07, 6.45) is 0.536. The molecule has 2 aromatic carbocycles. The zero-order valence-electron chi connectivity index (χ0n) is 10.6. The number of nitrogens with one attached hydrogen (secondary N) is 2. The van der Waals surface area contributed by atoms with Gasteiger partial charge in [0.25, 0.3) is 0 Å². The maximum absolute atomic E-state index is 11.1. The van der Waals surface area contributed by atoms with Crippen LogP contribution < -0.4 is 10.6 Å². The van der Waals surface area contributed by atoms with E-state index in [1.54, 1.807) is 0 Å². The Balaban J connectivity index is 1.97. The zero-order chi connectivity index (χ0) is 12.8. The summed E-state index contributed by atoms with van der Waals surface area (Å²) in [7, 11) is 0. The van der Waals surface area contributed by atoms with Gasteiger partial charge in [0, 0.05) is 30.6 Å². The van der Waals surface area contributed by atoms with E-state index in [0.29, 0.717) is 13.0 Å². The molecule has 0 aliphatic heterocycles. The summed E-state index contributed by atoms with van der Waals surface area (Å²) in [4.78, 5) is 11.1. The molecule has 0 fully saturated rings. The number of carbonyl (C=O) groups is 1. The summed E-state index contributed by atoms with van der Waals surface area (Å²) in [5, 5.41) is 8.63. The fraction of sp³-hybridized carbons (Fsp3) is 0.267. The number of benzene rings is 2. The molecule has 3 heteroatoms. The van der Waals surface area contributed by atoms with E-state index in [1.165, 1.54) is 10.8 Å². The molecule has 0 atom stereocenters. The fourth-order valence-electron chi connectivity index (χ4n) is 1.90. The van der Waals surface area contributed by atoms with Crippen LogP contribution in [0.4, 0.5) is 5.69 Å². The van der Waals surface area contributed by atoms with Crippen LogP contribution in [0.25, 0.3) is 10.8 Å². The summed E-state index contributed by atoms with van der Waals surface area (Å²) < 4.78 is 0. The van der Waals surface area contributed by atoms with Gasteiger partial charge in [0.2, 0.25) is 5.91 Å². The Morgan fingerprint density at radius 3 is 2.67 bits per heavy atom. The molecule has 94 valence electrons. The Labute approximate surface area is 107 Å². The topological polar surface area (TPSA) is 41.1 Å². The minimum absolute atomic E-state index is 0.0923. The summed E-state index contributed by atoms with van der Waals surface area (Å²) in [5.41, 5.74) is 1.11. The van der Waals surface area contributed by atoms with E-state index in [9.17, 15) is 4.79 Å². The standard InChI is InChI=1S/C15H18N2O/c1-2-15(18)17-11-10-16-14-9-5-7-12-6-3-4-8-13(12)14/h3-9,16H,2,10-11H2,1H3,(H,17,18). The maximum Gasteiger partial charge on any atom is 0.219 e. The van der Waals surface area contributed by atoms with Gasteiger partial charge in [0.1, 0.15) is 0 Å². The van der Waals surface area contributed by atoms with E-state index in [1.807, 2.05) is 25.1 Å². The molecular weight excluding hydrogens is 224 g/mol. The van der Waals surface area contributed by atoms with Crippen LogP contribution in [0.1, 0.15) is 13.3 Å². The van der Waals surface area contributed by atoms with Crippen molar-refractivity contribution in [3.8, 4) is 0 Å². The van der Waals surface area contributed by atoms with Crippen LogP contribution in [0.15, 0.2) is 42.5 Å². The highest BCUT2D eigenvalue weighted by molar-refractivity contribution is 5.93. The quantitative estimate of drug-likeness (QED) is 0.792. The number of hydrogen-bond acceptors (Lipinski definition) is 2. The predicted octanol–water partition coefficient (Wildman–Crippen LogP) is 2.78. The molecule has 0 bridgehead atoms. The minimum Gasteiger partial charge on any atom is -0.383 e. The van der Waals surface area contributed by atoms with Gasteiger partial charge in [-0.2, -0.15) is 0 Å². The van der Waals surface area contributed by atoms with Gasteiger partial charge in [-0.15, -0.1) is 0 Å². The first kappa shape index (κ1) is 12.4. The molecular formula is C15H18N2O. The van der Waals surface area contributed by atoms with Crippen LogP contribution in [0, 0.1) is 0 Å². The Morgan fingerprint density at radius 1 is 1.06 bits per heavy atom. The van der Waals surface area contributed by atoms with E-state index < -0.39 is 0 Å². The molecule has 2 aromatic rings. The third-order valence-electron chi connectivity index (χ3n) is 2.87. The Hall–Kier alpha value is -2.03. The largest absolute Gasteiger partial charge is 0.383 e. The molecule has 0 unspecified atom stereocenters. The first-order valence-corrected chi connectivity index (χ1v) is 6.29. The van der Waals surface area contributed by atoms with Gasteiger partial charge in [-0.3, -0.25) is 4.79 Å². The lowest BCUT2D eigenvalue weighted by Gasteiger charge is -2.10. The maximum atomic E-state index is 11.1. The van der Waals surface area contributed by atoms with Gasteiger partial charge < -0.3 is 10.6 Å². The van der Waals surface area contributed by atoms with Crippen LogP contribution in [0.3, 0.4) is 0 Å². The third-order valence-corrected chi connectivity index (χ3v) is 2.87. The third kappa shape index (κ3) is 3.00. The first-order valence-electron chi connectivity index (χ1n) is 6.29. The van der Waals surface area contributed by atoms with Gasteiger partial charge in [-0.05, 0) is 11.5 Å². The average molecular weight is 242 g/mol. The van der Waals surface area contributed by atoms with Gasteiger partial charge >= 0.3 is 0 Å². The molecule has 18 heavy (non-hydrogen) atoms. The van der Waals surface area contributed by atoms with E-state index in [-0.39, 0.29) is 5.91 Å². The zero-order valence-corrected chi connectivity index (χ0v) is 10.6. The second-order valence-electron chi connectivity index (χ2n) is 4.16. The van der Waals surface area contributed by atoms with Crippen molar-refractivity contribution >= 4 is 22.4 Å². The molecule has 0 aliphatic carbocycles. The molecule has 1 amide bonds. The molecule has 2 rings (SSSR count). The van der Waals surface area contributed by atoms with Crippen LogP contribution in [-0.4, -0.2) is 19.0 Å². The summed E-state index contributed by atoms with van der Waals surface area (Å²) in [6, 6.07) is 14.5. The molecule has 0 aromatic heterocycles. The molecule has 0 spiro atoms. The lowest BCUT2D eigenvalue weighted by atomic mass is 10.1. The number of hydrogen-bond donors (Lipinski definition) is 2. The fourth-order valence-corrected chi connectivity index (χ4v) is 1.90. The van der Waals surface area contributed by atoms with Crippen LogP contribution in [0.5, 0.6) is 0 Å². The predicted molar refractivity (Wildman–Crippen MR) is 75.7 cm³/mol. The Kier molecular flexibility index (Phi) is 4.18. The summed E-state index contributed by atoms with van der Waals surface area (Å²) in [6.45, 7) is 3.24. The molecule has 2 N–H and O–H groups in total. The number of rotatable bonds is 5. The second kappa shape index (κ2) is 6.05. The minimum atomic E-state index is 0.0923. The smallest absolute Gasteiger partial charge is 0.219 e. The van der Waals surface area contributed by atoms with E-state index in [0.717, 1.165) is 12.2 Å². The number of amides is 1. The van der Waals surface area contributed by atoms with E-state index in [4.69, 9.17) is 0 Å². The van der Waals surface area contributed by atoms with Crippen molar-refractivity contribution < 1.29 is 4.79 Å². The van der Waals surface area contributed by atoms with Gasteiger partial charge in [-0.1, -0.05) is 43.3 Å². The van der Waals surface area contributed by atoms with Gasteiger partial charge in [-0.25, -0.2) is 0 Å². The number of carbonyl (C=O) groups excluding carboxylic acids is 1. The first-order chi connectivity index (χ1) is 8.81. The summed E-state index contributed by atoms with van der Waals surface area (Å²) >= 11 is 0. The Morgan fingerprint density at radius 2 is 1.83 bits per heavy atom. The van der Waals surface area contributed by atoms with Crippen LogP contribution in [-0.2, 0) is 4.79 Å². The monoisotopic (exact) mass is 242 g/mol. The molecule has 0 heterocycles. The SMILES string of the molecule is CCC(=O)NCCNc1cccc2ccccc12. The normalized spacial score (nSPS) is 10.3. The molecule has 0 radical (unpaired) electrons. The lowest BCUT2D eigenvalue weighted by Crippen LogP contribution is -2.27. The molecule has 0 saturated carbocycles. The van der Waals surface area contributed by atoms with Crippen molar-refractivity contribution in [2.45, 2.75) is 13.3 Å². The van der Waals surface area contributed by atoms with Crippen LogP contribution >= 0.6 is 0 Å². The second-order valence-corrected chi connectivity index (χ2v) is 4.16. The van der Waals surface area contributed by atoms with E-state index >= 15 is 0 Å². The van der Waals surface area contributed by atoms with Crippen molar-refractivity contribution in [1.82, 2.24) is 5.32 Å². The summed E-state index contributed by atoms with van der Waals surface area (Å²) in [5.74, 6) is 0.0923.